The van der Waals surface area contributed by atoms with E-state index in [1.807, 2.05) is 49.4 Å². The quantitative estimate of drug-likeness (QED) is 0.361. The molecule has 1 amide bonds. The number of carbonyl (C=O) groups excluding carboxylic acids is 1. The molecule has 1 aliphatic heterocycles. The standard InChI is InChI=1S/C25H20Cl2N2O3S/c1-2-31-22-13-16(6-11-21(22)32-15-17-4-3-5-19(27)12-17)14-23-24(30)29-25(33-23)28-20-9-7-18(26)8-10-20/h3-14H,2,15H2,1H3,(H,28,29,30)/b23-14-. The average Bonchev–Trinajstić information content (AvgIpc) is 3.13. The maximum Gasteiger partial charge on any atom is 0.264 e. The number of carbonyl (C=O) groups is 1. The van der Waals surface area contributed by atoms with Crippen molar-refractivity contribution in [2.45, 2.75) is 13.5 Å². The van der Waals surface area contributed by atoms with Crippen LogP contribution in [0.15, 0.2) is 76.6 Å². The maximum atomic E-state index is 12.4. The molecule has 0 bridgehead atoms. The summed E-state index contributed by atoms with van der Waals surface area (Å²) in [4.78, 5) is 17.4. The zero-order valence-electron chi connectivity index (χ0n) is 17.7. The summed E-state index contributed by atoms with van der Waals surface area (Å²) in [6.45, 7) is 2.76. The highest BCUT2D eigenvalue weighted by molar-refractivity contribution is 8.18. The van der Waals surface area contributed by atoms with Crippen LogP contribution in [-0.2, 0) is 11.4 Å². The number of benzene rings is 3. The average molecular weight is 499 g/mol. The van der Waals surface area contributed by atoms with Gasteiger partial charge in [-0.2, -0.15) is 0 Å². The van der Waals surface area contributed by atoms with Crippen molar-refractivity contribution in [1.29, 1.82) is 0 Å². The van der Waals surface area contributed by atoms with Gasteiger partial charge in [0.15, 0.2) is 16.7 Å². The molecule has 5 nitrogen and oxygen atoms in total. The summed E-state index contributed by atoms with van der Waals surface area (Å²) in [7, 11) is 0. The molecule has 8 heteroatoms. The van der Waals surface area contributed by atoms with Gasteiger partial charge in [0.1, 0.15) is 6.61 Å². The van der Waals surface area contributed by atoms with Crippen LogP contribution in [0.25, 0.3) is 6.08 Å². The van der Waals surface area contributed by atoms with E-state index in [9.17, 15) is 4.79 Å². The fourth-order valence-electron chi connectivity index (χ4n) is 3.05. The van der Waals surface area contributed by atoms with Crippen LogP contribution in [0.2, 0.25) is 10.0 Å². The van der Waals surface area contributed by atoms with Crippen LogP contribution in [0, 0.1) is 0 Å². The van der Waals surface area contributed by atoms with Crippen molar-refractivity contribution in [2.24, 2.45) is 4.99 Å². The third-order valence-corrected chi connectivity index (χ3v) is 5.95. The van der Waals surface area contributed by atoms with Crippen LogP contribution in [0.3, 0.4) is 0 Å². The van der Waals surface area contributed by atoms with Crippen LogP contribution in [0.5, 0.6) is 11.5 Å². The topological polar surface area (TPSA) is 59.9 Å². The second kappa shape index (κ2) is 10.8. The van der Waals surface area contributed by atoms with Crippen LogP contribution in [-0.4, -0.2) is 17.7 Å². The number of halogens is 2. The van der Waals surface area contributed by atoms with E-state index in [4.69, 9.17) is 32.7 Å². The predicted molar refractivity (Wildman–Crippen MR) is 136 cm³/mol. The summed E-state index contributed by atoms with van der Waals surface area (Å²) >= 11 is 13.2. The molecule has 0 atom stereocenters. The van der Waals surface area contributed by atoms with E-state index in [-0.39, 0.29) is 5.91 Å². The zero-order chi connectivity index (χ0) is 23.2. The molecule has 0 radical (unpaired) electrons. The summed E-state index contributed by atoms with van der Waals surface area (Å²) in [5.41, 5.74) is 2.49. The van der Waals surface area contributed by atoms with E-state index in [1.54, 1.807) is 30.3 Å². The Morgan fingerprint density at radius 1 is 0.970 bits per heavy atom. The van der Waals surface area contributed by atoms with Crippen molar-refractivity contribution in [1.82, 2.24) is 5.32 Å². The van der Waals surface area contributed by atoms with Gasteiger partial charge in [0.2, 0.25) is 0 Å². The first-order valence-corrected chi connectivity index (χ1v) is 11.8. The van der Waals surface area contributed by atoms with E-state index >= 15 is 0 Å². The first-order valence-electron chi connectivity index (χ1n) is 10.2. The number of amidine groups is 1. The Bertz CT molecular complexity index is 1230. The smallest absolute Gasteiger partial charge is 0.264 e. The Balaban J connectivity index is 1.50. The number of ether oxygens (including phenoxy) is 2. The number of thioether (sulfide) groups is 1. The lowest BCUT2D eigenvalue weighted by Gasteiger charge is -2.13. The lowest BCUT2D eigenvalue weighted by atomic mass is 10.2. The number of rotatable bonds is 7. The molecular formula is C25H20Cl2N2O3S. The Hall–Kier alpha value is -2.93. The van der Waals surface area contributed by atoms with Crippen molar-refractivity contribution in [2.75, 3.05) is 6.61 Å². The molecule has 1 saturated heterocycles. The number of amides is 1. The normalized spacial score (nSPS) is 15.7. The molecule has 3 aromatic carbocycles. The van der Waals surface area contributed by atoms with Crippen molar-refractivity contribution in [3.05, 3.63) is 92.8 Å². The molecule has 0 saturated carbocycles. The minimum Gasteiger partial charge on any atom is -0.490 e. The molecule has 33 heavy (non-hydrogen) atoms. The zero-order valence-corrected chi connectivity index (χ0v) is 20.0. The summed E-state index contributed by atoms with van der Waals surface area (Å²) in [6, 6.07) is 20.2. The van der Waals surface area contributed by atoms with E-state index in [1.165, 1.54) is 11.8 Å². The van der Waals surface area contributed by atoms with Gasteiger partial charge in [0, 0.05) is 10.0 Å². The number of hydrogen-bond acceptors (Lipinski definition) is 5. The summed E-state index contributed by atoms with van der Waals surface area (Å²) in [6.07, 6.45) is 1.80. The fourth-order valence-corrected chi connectivity index (χ4v) is 4.24. The summed E-state index contributed by atoms with van der Waals surface area (Å²) in [5.74, 6) is 1.02. The molecule has 0 spiro atoms. The van der Waals surface area contributed by atoms with Gasteiger partial charge < -0.3 is 14.8 Å². The molecular weight excluding hydrogens is 479 g/mol. The summed E-state index contributed by atoms with van der Waals surface area (Å²) < 4.78 is 11.7. The Kier molecular flexibility index (Phi) is 7.60. The minimum absolute atomic E-state index is 0.202. The van der Waals surface area contributed by atoms with Gasteiger partial charge in [-0.3, -0.25) is 4.79 Å². The van der Waals surface area contributed by atoms with Crippen molar-refractivity contribution in [3.8, 4) is 11.5 Å². The van der Waals surface area contributed by atoms with Gasteiger partial charge in [0.05, 0.1) is 17.2 Å². The van der Waals surface area contributed by atoms with Crippen molar-refractivity contribution in [3.63, 3.8) is 0 Å². The second-order valence-corrected chi connectivity index (χ2v) is 8.92. The molecule has 1 aliphatic rings. The number of nitrogens with zero attached hydrogens (tertiary/aromatic N) is 1. The monoisotopic (exact) mass is 498 g/mol. The van der Waals surface area contributed by atoms with Crippen molar-refractivity contribution >= 4 is 57.8 Å². The van der Waals surface area contributed by atoms with Gasteiger partial charge in [-0.15, -0.1) is 0 Å². The SMILES string of the molecule is CCOc1cc(/C=C2\SC(=Nc3ccc(Cl)cc3)NC2=O)ccc1OCc1cccc(Cl)c1. The van der Waals surface area contributed by atoms with Crippen LogP contribution in [0.1, 0.15) is 18.1 Å². The molecule has 3 aromatic rings. The third kappa shape index (κ3) is 6.32. The van der Waals surface area contributed by atoms with E-state index < -0.39 is 0 Å². The third-order valence-electron chi connectivity index (χ3n) is 4.56. The Morgan fingerprint density at radius 2 is 1.79 bits per heavy atom. The molecule has 0 unspecified atom stereocenters. The number of nitrogens with one attached hydrogen (secondary N) is 1. The van der Waals surface area contributed by atoms with Crippen LogP contribution in [0.4, 0.5) is 5.69 Å². The maximum absolute atomic E-state index is 12.4. The highest BCUT2D eigenvalue weighted by Gasteiger charge is 2.24. The fraction of sp³-hybridized carbons (Fsp3) is 0.120. The first kappa shape index (κ1) is 23.2. The van der Waals surface area contributed by atoms with Gasteiger partial charge >= 0.3 is 0 Å². The molecule has 0 aromatic heterocycles. The molecule has 4 rings (SSSR count). The van der Waals surface area contributed by atoms with Gasteiger partial charge in [0.25, 0.3) is 5.91 Å². The van der Waals surface area contributed by atoms with Gasteiger partial charge in [-0.25, -0.2) is 4.99 Å². The molecule has 1 heterocycles. The van der Waals surface area contributed by atoms with Crippen LogP contribution < -0.4 is 14.8 Å². The van der Waals surface area contributed by atoms with E-state index in [2.05, 4.69) is 10.3 Å². The predicted octanol–water partition coefficient (Wildman–Crippen LogP) is 6.86. The van der Waals surface area contributed by atoms with E-state index in [0.29, 0.717) is 50.5 Å². The lowest BCUT2D eigenvalue weighted by molar-refractivity contribution is -0.115. The summed E-state index contributed by atoms with van der Waals surface area (Å²) in [5, 5.41) is 4.60. The minimum atomic E-state index is -0.202. The second-order valence-electron chi connectivity index (χ2n) is 7.02. The van der Waals surface area contributed by atoms with Gasteiger partial charge in [-0.1, -0.05) is 41.4 Å². The van der Waals surface area contributed by atoms with E-state index in [0.717, 1.165) is 11.1 Å². The number of hydrogen-bond donors (Lipinski definition) is 1. The Labute approximate surface area is 206 Å². The Morgan fingerprint density at radius 3 is 2.55 bits per heavy atom. The number of aliphatic imine (C=N–C) groups is 1. The molecule has 1 fully saturated rings. The molecule has 1 N–H and O–H groups in total. The molecule has 168 valence electrons. The van der Waals surface area contributed by atoms with Gasteiger partial charge in [-0.05, 0) is 84.4 Å². The van der Waals surface area contributed by atoms with Crippen molar-refractivity contribution < 1.29 is 14.3 Å². The lowest BCUT2D eigenvalue weighted by Crippen LogP contribution is -2.19. The highest BCUT2D eigenvalue weighted by atomic mass is 35.5. The highest BCUT2D eigenvalue weighted by Crippen LogP contribution is 2.33. The largest absolute Gasteiger partial charge is 0.490 e. The van der Waals surface area contributed by atoms with Crippen LogP contribution >= 0.6 is 35.0 Å². The molecule has 0 aliphatic carbocycles. The first-order chi connectivity index (χ1) is 16.0.